The SMILES string of the molecule is CC.Cc1ccc(C(=O)N(C)C)c(O)c1. The zero-order valence-electron chi connectivity index (χ0n) is 10.0. The van der Waals surface area contributed by atoms with Crippen molar-refractivity contribution >= 4 is 5.91 Å². The topological polar surface area (TPSA) is 40.5 Å². The molecule has 1 rings (SSSR count). The van der Waals surface area contributed by atoms with Crippen LogP contribution in [0, 0.1) is 6.92 Å². The van der Waals surface area contributed by atoms with Gasteiger partial charge in [0.25, 0.3) is 5.91 Å². The summed E-state index contributed by atoms with van der Waals surface area (Å²) in [5, 5.41) is 9.46. The average Bonchev–Trinajstić information content (AvgIpc) is 2.20. The van der Waals surface area contributed by atoms with Crippen LogP contribution in [0.25, 0.3) is 0 Å². The van der Waals surface area contributed by atoms with E-state index in [2.05, 4.69) is 0 Å². The number of aryl methyl sites for hydroxylation is 1. The van der Waals surface area contributed by atoms with E-state index < -0.39 is 0 Å². The van der Waals surface area contributed by atoms with Crippen LogP contribution >= 0.6 is 0 Å². The monoisotopic (exact) mass is 209 g/mol. The van der Waals surface area contributed by atoms with Crippen molar-refractivity contribution in [2.45, 2.75) is 20.8 Å². The van der Waals surface area contributed by atoms with Gasteiger partial charge in [0.15, 0.2) is 0 Å². The second-order valence-electron chi connectivity index (χ2n) is 3.22. The molecular weight excluding hydrogens is 190 g/mol. The van der Waals surface area contributed by atoms with Crippen molar-refractivity contribution in [3.63, 3.8) is 0 Å². The van der Waals surface area contributed by atoms with Gasteiger partial charge in [0, 0.05) is 14.1 Å². The van der Waals surface area contributed by atoms with Crippen molar-refractivity contribution in [2.24, 2.45) is 0 Å². The Morgan fingerprint density at radius 1 is 1.27 bits per heavy atom. The van der Waals surface area contributed by atoms with Gasteiger partial charge in [0.2, 0.25) is 0 Å². The molecule has 1 aromatic rings. The van der Waals surface area contributed by atoms with Crippen molar-refractivity contribution in [2.75, 3.05) is 14.1 Å². The van der Waals surface area contributed by atoms with Crippen molar-refractivity contribution in [1.82, 2.24) is 4.90 Å². The van der Waals surface area contributed by atoms with Gasteiger partial charge in [-0.25, -0.2) is 0 Å². The van der Waals surface area contributed by atoms with Crippen molar-refractivity contribution < 1.29 is 9.90 Å². The number of hydrogen-bond acceptors (Lipinski definition) is 2. The molecule has 0 aliphatic carbocycles. The van der Waals surface area contributed by atoms with E-state index in [1.54, 1.807) is 32.3 Å². The van der Waals surface area contributed by atoms with E-state index >= 15 is 0 Å². The summed E-state index contributed by atoms with van der Waals surface area (Å²) in [7, 11) is 3.31. The zero-order valence-corrected chi connectivity index (χ0v) is 10.0. The third kappa shape index (κ3) is 3.62. The molecule has 0 spiro atoms. The van der Waals surface area contributed by atoms with Gasteiger partial charge in [-0.3, -0.25) is 4.79 Å². The van der Waals surface area contributed by atoms with Gasteiger partial charge in [-0.15, -0.1) is 0 Å². The number of nitrogens with zero attached hydrogens (tertiary/aromatic N) is 1. The Hall–Kier alpha value is -1.51. The van der Waals surface area contributed by atoms with Gasteiger partial charge >= 0.3 is 0 Å². The molecule has 0 unspecified atom stereocenters. The summed E-state index contributed by atoms with van der Waals surface area (Å²) < 4.78 is 0. The molecule has 0 atom stereocenters. The number of carbonyl (C=O) groups is 1. The van der Waals surface area contributed by atoms with E-state index in [9.17, 15) is 9.90 Å². The Morgan fingerprint density at radius 3 is 2.20 bits per heavy atom. The minimum Gasteiger partial charge on any atom is -0.507 e. The largest absolute Gasteiger partial charge is 0.507 e. The fraction of sp³-hybridized carbons (Fsp3) is 0.417. The second-order valence-corrected chi connectivity index (χ2v) is 3.22. The molecule has 3 heteroatoms. The molecule has 0 saturated carbocycles. The van der Waals surface area contributed by atoms with Crippen molar-refractivity contribution in [3.8, 4) is 5.75 Å². The van der Waals surface area contributed by atoms with Gasteiger partial charge in [-0.2, -0.15) is 0 Å². The molecule has 15 heavy (non-hydrogen) atoms. The number of aromatic hydroxyl groups is 1. The maximum Gasteiger partial charge on any atom is 0.257 e. The number of amides is 1. The molecule has 1 N–H and O–H groups in total. The quantitative estimate of drug-likeness (QED) is 0.771. The molecule has 0 aliphatic heterocycles. The average molecular weight is 209 g/mol. The van der Waals surface area contributed by atoms with E-state index in [1.165, 1.54) is 4.90 Å². The Morgan fingerprint density at radius 2 is 1.80 bits per heavy atom. The van der Waals surface area contributed by atoms with Gasteiger partial charge in [0.1, 0.15) is 5.75 Å². The molecule has 1 aromatic carbocycles. The third-order valence-corrected chi connectivity index (χ3v) is 1.79. The summed E-state index contributed by atoms with van der Waals surface area (Å²) in [6, 6.07) is 5.01. The van der Waals surface area contributed by atoms with Gasteiger partial charge in [0.05, 0.1) is 5.56 Å². The maximum atomic E-state index is 11.4. The summed E-state index contributed by atoms with van der Waals surface area (Å²) in [4.78, 5) is 12.9. The molecule has 0 bridgehead atoms. The number of hydrogen-bond donors (Lipinski definition) is 1. The maximum absolute atomic E-state index is 11.4. The summed E-state index contributed by atoms with van der Waals surface area (Å²) >= 11 is 0. The molecule has 0 saturated heterocycles. The lowest BCUT2D eigenvalue weighted by molar-refractivity contribution is 0.0824. The van der Waals surface area contributed by atoms with Crippen LogP contribution < -0.4 is 0 Å². The minimum absolute atomic E-state index is 0.0405. The third-order valence-electron chi connectivity index (χ3n) is 1.79. The highest BCUT2D eigenvalue weighted by Crippen LogP contribution is 2.19. The van der Waals surface area contributed by atoms with Crippen LogP contribution in [0.2, 0.25) is 0 Å². The fourth-order valence-corrected chi connectivity index (χ4v) is 1.06. The molecule has 0 aliphatic rings. The number of carbonyl (C=O) groups excluding carboxylic acids is 1. The predicted octanol–water partition coefficient (Wildman–Crippen LogP) is 2.43. The van der Waals surface area contributed by atoms with E-state index in [4.69, 9.17) is 0 Å². The standard InChI is InChI=1S/C10H13NO2.C2H6/c1-7-4-5-8(9(12)6-7)10(13)11(2)3;1-2/h4-6,12H,1-3H3;1-2H3. The highest BCUT2D eigenvalue weighted by molar-refractivity contribution is 5.96. The van der Waals surface area contributed by atoms with Crippen LogP contribution in [0.5, 0.6) is 5.75 Å². The summed E-state index contributed by atoms with van der Waals surface area (Å²) in [6.45, 7) is 5.86. The van der Waals surface area contributed by atoms with Crippen molar-refractivity contribution in [3.05, 3.63) is 29.3 Å². The summed E-state index contributed by atoms with van der Waals surface area (Å²) in [5.41, 5.74) is 1.28. The minimum atomic E-state index is -0.183. The van der Waals surface area contributed by atoms with E-state index in [0.717, 1.165) is 5.56 Å². The van der Waals surface area contributed by atoms with Gasteiger partial charge in [-0.1, -0.05) is 19.9 Å². The first kappa shape index (κ1) is 13.5. The molecule has 1 amide bonds. The summed E-state index contributed by atoms with van der Waals surface area (Å²) in [5.74, 6) is -0.142. The predicted molar refractivity (Wildman–Crippen MR) is 62.2 cm³/mol. The first-order chi connectivity index (χ1) is 7.02. The Labute approximate surface area is 91.3 Å². The lowest BCUT2D eigenvalue weighted by Gasteiger charge is -2.11. The second kappa shape index (κ2) is 6.06. The molecule has 0 heterocycles. The zero-order chi connectivity index (χ0) is 12.0. The molecular formula is C12H19NO2. The van der Waals surface area contributed by atoms with Crippen LogP contribution in [0.15, 0.2) is 18.2 Å². The van der Waals surface area contributed by atoms with Crippen molar-refractivity contribution in [1.29, 1.82) is 0 Å². The smallest absolute Gasteiger partial charge is 0.257 e. The highest BCUT2D eigenvalue weighted by Gasteiger charge is 2.11. The normalized spacial score (nSPS) is 8.87. The first-order valence-electron chi connectivity index (χ1n) is 5.03. The molecule has 84 valence electrons. The molecule has 3 nitrogen and oxygen atoms in total. The molecule has 0 aromatic heterocycles. The van der Waals surface area contributed by atoms with E-state index in [1.807, 2.05) is 20.8 Å². The highest BCUT2D eigenvalue weighted by atomic mass is 16.3. The van der Waals surface area contributed by atoms with Crippen LogP contribution in [0.1, 0.15) is 29.8 Å². The Balaban J connectivity index is 0.000000921. The van der Waals surface area contributed by atoms with Crippen LogP contribution in [-0.4, -0.2) is 30.0 Å². The van der Waals surface area contributed by atoms with Crippen LogP contribution in [0.3, 0.4) is 0 Å². The van der Waals surface area contributed by atoms with E-state index in [-0.39, 0.29) is 11.7 Å². The number of benzene rings is 1. The van der Waals surface area contributed by atoms with Crippen LogP contribution in [-0.2, 0) is 0 Å². The summed E-state index contributed by atoms with van der Waals surface area (Å²) in [6.07, 6.45) is 0. The lowest BCUT2D eigenvalue weighted by Crippen LogP contribution is -2.21. The number of phenolic OH excluding ortho intramolecular Hbond substituents is 1. The number of rotatable bonds is 1. The van der Waals surface area contributed by atoms with Crippen LogP contribution in [0.4, 0.5) is 0 Å². The Kier molecular flexibility index (Phi) is 5.45. The molecule has 0 radical (unpaired) electrons. The van der Waals surface area contributed by atoms with Gasteiger partial charge < -0.3 is 10.0 Å². The number of phenols is 1. The van der Waals surface area contributed by atoms with E-state index in [0.29, 0.717) is 5.56 Å². The lowest BCUT2D eigenvalue weighted by atomic mass is 10.1. The first-order valence-corrected chi connectivity index (χ1v) is 5.03. The van der Waals surface area contributed by atoms with Gasteiger partial charge in [-0.05, 0) is 24.6 Å². The Bertz CT molecular complexity index is 332. The fourth-order valence-electron chi connectivity index (χ4n) is 1.06. The molecule has 0 fully saturated rings.